The predicted molar refractivity (Wildman–Crippen MR) is 74.5 cm³/mol. The number of amides is 1. The number of nitrogen functional groups attached to an aromatic ring is 1. The van der Waals surface area contributed by atoms with E-state index in [1.165, 1.54) is 0 Å². The highest BCUT2D eigenvalue weighted by atomic mass is 16.2. The molecule has 0 saturated heterocycles. The third-order valence-electron chi connectivity index (χ3n) is 2.99. The van der Waals surface area contributed by atoms with Crippen LogP contribution in [0.3, 0.4) is 0 Å². The molecule has 1 heterocycles. The van der Waals surface area contributed by atoms with Crippen molar-refractivity contribution in [1.29, 1.82) is 0 Å². The Bertz CT molecular complexity index is 564. The topological polar surface area (TPSA) is 80.9 Å². The zero-order valence-electron chi connectivity index (χ0n) is 10.9. The Labute approximate surface area is 111 Å². The quantitative estimate of drug-likeness (QED) is 0.823. The first-order valence-electron chi connectivity index (χ1n) is 5.94. The number of carbonyl (C=O) groups is 1. The van der Waals surface area contributed by atoms with Crippen LogP contribution in [0, 0.1) is 0 Å². The molecule has 5 nitrogen and oxygen atoms in total. The molecular formula is C14H16N4O. The molecule has 0 bridgehead atoms. The Morgan fingerprint density at radius 1 is 1.16 bits per heavy atom. The maximum absolute atomic E-state index is 12.3. The van der Waals surface area contributed by atoms with E-state index in [1.807, 2.05) is 26.0 Å². The molecular weight excluding hydrogens is 240 g/mol. The standard InChI is InChI=1S/C14H16N4O/c1-14(2,10-4-6-11(15)7-5-10)12(19)18-13-16-8-3-9-17-13/h3-9H,15H2,1-2H3,(H,16,17,18,19). The van der Waals surface area contributed by atoms with Gasteiger partial charge >= 0.3 is 0 Å². The number of benzene rings is 1. The molecule has 3 N–H and O–H groups in total. The Morgan fingerprint density at radius 2 is 1.74 bits per heavy atom. The SMILES string of the molecule is CC(C)(C(=O)Nc1ncccn1)c1ccc(N)cc1. The highest BCUT2D eigenvalue weighted by molar-refractivity contribution is 5.97. The summed E-state index contributed by atoms with van der Waals surface area (Å²) in [4.78, 5) is 20.3. The molecule has 0 aliphatic rings. The van der Waals surface area contributed by atoms with Gasteiger partial charge in [0, 0.05) is 18.1 Å². The highest BCUT2D eigenvalue weighted by Gasteiger charge is 2.30. The second-order valence-corrected chi connectivity index (χ2v) is 4.77. The van der Waals surface area contributed by atoms with Crippen LogP contribution in [-0.4, -0.2) is 15.9 Å². The van der Waals surface area contributed by atoms with E-state index in [1.54, 1.807) is 30.6 Å². The summed E-state index contributed by atoms with van der Waals surface area (Å²) in [6.07, 6.45) is 3.16. The first-order valence-corrected chi connectivity index (χ1v) is 5.94. The van der Waals surface area contributed by atoms with Crippen LogP contribution in [0.1, 0.15) is 19.4 Å². The van der Waals surface area contributed by atoms with Gasteiger partial charge in [0.15, 0.2) is 0 Å². The summed E-state index contributed by atoms with van der Waals surface area (Å²) in [6, 6.07) is 8.95. The van der Waals surface area contributed by atoms with Crippen molar-refractivity contribution in [2.24, 2.45) is 0 Å². The van der Waals surface area contributed by atoms with Gasteiger partial charge in [-0.15, -0.1) is 0 Å². The lowest BCUT2D eigenvalue weighted by molar-refractivity contribution is -0.120. The van der Waals surface area contributed by atoms with Gasteiger partial charge in [-0.05, 0) is 37.6 Å². The molecule has 0 aliphatic carbocycles. The maximum atomic E-state index is 12.3. The van der Waals surface area contributed by atoms with Crippen molar-refractivity contribution in [3.63, 3.8) is 0 Å². The Morgan fingerprint density at radius 3 is 2.32 bits per heavy atom. The molecule has 1 aromatic carbocycles. The van der Waals surface area contributed by atoms with E-state index in [4.69, 9.17) is 5.73 Å². The van der Waals surface area contributed by atoms with Gasteiger partial charge < -0.3 is 5.73 Å². The largest absolute Gasteiger partial charge is 0.399 e. The van der Waals surface area contributed by atoms with Crippen LogP contribution in [-0.2, 0) is 10.2 Å². The fraction of sp³-hybridized carbons (Fsp3) is 0.214. The van der Waals surface area contributed by atoms with E-state index in [2.05, 4.69) is 15.3 Å². The molecule has 5 heteroatoms. The van der Waals surface area contributed by atoms with Crippen LogP contribution in [0.25, 0.3) is 0 Å². The van der Waals surface area contributed by atoms with Crippen molar-refractivity contribution >= 4 is 17.5 Å². The average Bonchev–Trinajstić information content (AvgIpc) is 2.40. The number of nitrogens with one attached hydrogen (secondary N) is 1. The van der Waals surface area contributed by atoms with Gasteiger partial charge in [-0.1, -0.05) is 12.1 Å². The first-order chi connectivity index (χ1) is 9.00. The van der Waals surface area contributed by atoms with Crippen molar-refractivity contribution in [3.8, 4) is 0 Å². The Balaban J connectivity index is 2.19. The first kappa shape index (κ1) is 13.0. The minimum absolute atomic E-state index is 0.163. The minimum atomic E-state index is -0.688. The fourth-order valence-electron chi connectivity index (χ4n) is 1.65. The van der Waals surface area contributed by atoms with Crippen molar-refractivity contribution in [3.05, 3.63) is 48.3 Å². The summed E-state index contributed by atoms with van der Waals surface area (Å²) in [6.45, 7) is 3.69. The monoisotopic (exact) mass is 256 g/mol. The number of hydrogen-bond donors (Lipinski definition) is 2. The van der Waals surface area contributed by atoms with Gasteiger partial charge in [-0.2, -0.15) is 0 Å². The highest BCUT2D eigenvalue weighted by Crippen LogP contribution is 2.25. The van der Waals surface area contributed by atoms with Crippen molar-refractivity contribution in [2.75, 3.05) is 11.1 Å². The smallest absolute Gasteiger partial charge is 0.236 e. The van der Waals surface area contributed by atoms with Gasteiger partial charge in [-0.3, -0.25) is 10.1 Å². The van der Waals surface area contributed by atoms with Crippen LogP contribution < -0.4 is 11.1 Å². The zero-order valence-corrected chi connectivity index (χ0v) is 10.9. The summed E-state index contributed by atoms with van der Waals surface area (Å²) >= 11 is 0. The molecule has 0 unspecified atom stereocenters. The number of rotatable bonds is 3. The minimum Gasteiger partial charge on any atom is -0.399 e. The molecule has 2 rings (SSSR count). The molecule has 2 aromatic rings. The number of carbonyl (C=O) groups excluding carboxylic acids is 1. The summed E-state index contributed by atoms with van der Waals surface area (Å²) in [7, 11) is 0. The Hall–Kier alpha value is -2.43. The number of anilines is 2. The summed E-state index contributed by atoms with van der Waals surface area (Å²) in [5, 5.41) is 2.70. The molecule has 1 aromatic heterocycles. The van der Waals surface area contributed by atoms with Crippen LogP contribution >= 0.6 is 0 Å². The lowest BCUT2D eigenvalue weighted by atomic mass is 9.83. The van der Waals surface area contributed by atoms with E-state index in [0.29, 0.717) is 11.6 Å². The van der Waals surface area contributed by atoms with Crippen molar-refractivity contribution in [2.45, 2.75) is 19.3 Å². The van der Waals surface area contributed by atoms with Crippen LogP contribution in [0.2, 0.25) is 0 Å². The van der Waals surface area contributed by atoms with Crippen molar-refractivity contribution < 1.29 is 4.79 Å². The summed E-state index contributed by atoms with van der Waals surface area (Å²) in [5.74, 6) is 0.138. The molecule has 0 radical (unpaired) electrons. The molecule has 1 amide bonds. The Kier molecular flexibility index (Phi) is 3.46. The van der Waals surface area contributed by atoms with Gasteiger partial charge in [0.2, 0.25) is 11.9 Å². The van der Waals surface area contributed by atoms with Crippen LogP contribution in [0.5, 0.6) is 0 Å². The fourth-order valence-corrected chi connectivity index (χ4v) is 1.65. The molecule has 0 atom stereocenters. The van der Waals surface area contributed by atoms with Crippen LogP contribution in [0.4, 0.5) is 11.6 Å². The van der Waals surface area contributed by atoms with E-state index in [-0.39, 0.29) is 5.91 Å². The lowest BCUT2D eigenvalue weighted by Gasteiger charge is -2.23. The second-order valence-electron chi connectivity index (χ2n) is 4.77. The van der Waals surface area contributed by atoms with E-state index >= 15 is 0 Å². The number of hydrogen-bond acceptors (Lipinski definition) is 4. The predicted octanol–water partition coefficient (Wildman–Crippen LogP) is 1.98. The van der Waals surface area contributed by atoms with Gasteiger partial charge in [0.1, 0.15) is 0 Å². The number of nitrogens with two attached hydrogens (primary N) is 1. The van der Waals surface area contributed by atoms with E-state index < -0.39 is 5.41 Å². The van der Waals surface area contributed by atoms with E-state index in [9.17, 15) is 4.79 Å². The molecule has 0 fully saturated rings. The average molecular weight is 256 g/mol. The van der Waals surface area contributed by atoms with Gasteiger partial charge in [0.25, 0.3) is 0 Å². The zero-order chi connectivity index (χ0) is 13.9. The molecule has 0 spiro atoms. The van der Waals surface area contributed by atoms with Crippen molar-refractivity contribution in [1.82, 2.24) is 9.97 Å². The molecule has 19 heavy (non-hydrogen) atoms. The number of aromatic nitrogens is 2. The van der Waals surface area contributed by atoms with E-state index in [0.717, 1.165) is 5.56 Å². The lowest BCUT2D eigenvalue weighted by Crippen LogP contribution is -2.35. The molecule has 0 aliphatic heterocycles. The maximum Gasteiger partial charge on any atom is 0.236 e. The van der Waals surface area contributed by atoms with Crippen LogP contribution in [0.15, 0.2) is 42.7 Å². The molecule has 0 saturated carbocycles. The normalized spacial score (nSPS) is 11.1. The second kappa shape index (κ2) is 5.06. The summed E-state index contributed by atoms with van der Waals surface area (Å²) in [5.41, 5.74) is 6.52. The third kappa shape index (κ3) is 2.88. The van der Waals surface area contributed by atoms with Gasteiger partial charge in [-0.25, -0.2) is 9.97 Å². The summed E-state index contributed by atoms with van der Waals surface area (Å²) < 4.78 is 0. The number of nitrogens with zero attached hydrogens (tertiary/aromatic N) is 2. The van der Waals surface area contributed by atoms with Gasteiger partial charge in [0.05, 0.1) is 5.41 Å². The third-order valence-corrected chi connectivity index (χ3v) is 2.99. The molecule has 98 valence electrons.